The van der Waals surface area contributed by atoms with Crippen molar-refractivity contribution in [1.82, 2.24) is 9.47 Å². The fraction of sp³-hybridized carbons (Fsp3) is 0.200. The Morgan fingerprint density at radius 3 is 2.37 bits per heavy atom. The Bertz CT molecular complexity index is 1500. The minimum Gasteiger partial charge on any atom is -0.484 e. The van der Waals surface area contributed by atoms with Crippen LogP contribution in [0.5, 0.6) is 5.75 Å². The number of para-hydroxylation sites is 2. The number of carbonyl (C=O) groups excluding carboxylic acids is 2. The van der Waals surface area contributed by atoms with E-state index in [1.54, 1.807) is 34.1 Å². The number of aromatic nitrogens is 1. The number of amides is 2. The Balaban J connectivity index is 1.31. The van der Waals surface area contributed by atoms with Crippen molar-refractivity contribution in [2.24, 2.45) is 0 Å². The van der Waals surface area contributed by atoms with Gasteiger partial charge >= 0.3 is 0 Å². The molecule has 4 aromatic rings. The smallest absolute Gasteiger partial charge is 0.261 e. The maximum atomic E-state index is 14.2. The molecule has 0 bridgehead atoms. The molecule has 2 aliphatic rings. The van der Waals surface area contributed by atoms with E-state index in [0.717, 1.165) is 35.5 Å². The highest BCUT2D eigenvalue weighted by atomic mass is 35.5. The molecule has 1 unspecified atom stereocenters. The largest absolute Gasteiger partial charge is 0.484 e. The van der Waals surface area contributed by atoms with Crippen LogP contribution in [0.3, 0.4) is 0 Å². The first-order chi connectivity index (χ1) is 18.5. The van der Waals surface area contributed by atoms with Crippen LogP contribution in [0.4, 0.5) is 5.69 Å². The third kappa shape index (κ3) is 4.77. The molecule has 6 rings (SSSR count). The van der Waals surface area contributed by atoms with Crippen LogP contribution in [-0.2, 0) is 9.59 Å². The molecule has 0 spiro atoms. The number of ether oxygens (including phenoxy) is 1. The first kappa shape index (κ1) is 24.6. The first-order valence-corrected chi connectivity index (χ1v) is 13.3. The third-order valence-electron chi connectivity index (χ3n) is 6.94. The summed E-state index contributed by atoms with van der Waals surface area (Å²) in [4.78, 5) is 30.9. The van der Waals surface area contributed by atoms with Gasteiger partial charge in [-0.3, -0.25) is 14.5 Å². The molecule has 2 amide bonds. The van der Waals surface area contributed by atoms with Gasteiger partial charge in [0.2, 0.25) is 5.91 Å². The molecule has 38 heavy (non-hydrogen) atoms. The fourth-order valence-electron chi connectivity index (χ4n) is 5.04. The van der Waals surface area contributed by atoms with Crippen LogP contribution in [0.15, 0.2) is 91.1 Å². The van der Waals surface area contributed by atoms with Gasteiger partial charge in [-0.25, -0.2) is 0 Å². The summed E-state index contributed by atoms with van der Waals surface area (Å²) in [6, 6.07) is 25.9. The second-order valence-electron chi connectivity index (χ2n) is 9.51. The van der Waals surface area contributed by atoms with Gasteiger partial charge in [-0.2, -0.15) is 0 Å². The van der Waals surface area contributed by atoms with Gasteiger partial charge < -0.3 is 14.2 Å². The summed E-state index contributed by atoms with van der Waals surface area (Å²) in [7, 11) is 0. The number of halogens is 2. The van der Waals surface area contributed by atoms with Crippen molar-refractivity contribution < 1.29 is 14.3 Å². The lowest BCUT2D eigenvalue weighted by Gasteiger charge is -2.39. The minimum absolute atomic E-state index is 0.0359. The average molecular weight is 546 g/mol. The van der Waals surface area contributed by atoms with E-state index in [0.29, 0.717) is 15.8 Å². The Labute approximate surface area is 230 Å². The Morgan fingerprint density at radius 1 is 0.868 bits per heavy atom. The molecule has 0 N–H and O–H groups in total. The van der Waals surface area contributed by atoms with Gasteiger partial charge in [0.1, 0.15) is 18.3 Å². The second kappa shape index (κ2) is 10.2. The van der Waals surface area contributed by atoms with Gasteiger partial charge in [-0.1, -0.05) is 47.5 Å². The van der Waals surface area contributed by atoms with Crippen LogP contribution in [0.25, 0.3) is 5.69 Å². The zero-order chi connectivity index (χ0) is 26.2. The van der Waals surface area contributed by atoms with E-state index in [2.05, 4.69) is 4.57 Å². The van der Waals surface area contributed by atoms with Gasteiger partial charge in [0.15, 0.2) is 6.61 Å². The lowest BCUT2D eigenvalue weighted by atomic mass is 9.97. The lowest BCUT2D eigenvalue weighted by Crippen LogP contribution is -2.48. The standard InChI is InChI=1S/C30H25Cl2N3O3/c31-21-10-14-24(15-11-21)38-19-29(37)34(23-12-13-23)18-28(36)35-26-8-2-1-7-25(26)33-16-4-9-27(33)30(35)20-5-3-6-22(32)17-20/h1-11,14-17,23,30H,12-13,18-19H2. The molecule has 1 aliphatic heterocycles. The van der Waals surface area contributed by atoms with E-state index in [-0.39, 0.29) is 31.0 Å². The maximum Gasteiger partial charge on any atom is 0.261 e. The van der Waals surface area contributed by atoms with Crippen LogP contribution < -0.4 is 9.64 Å². The number of nitrogens with zero attached hydrogens (tertiary/aromatic N) is 3. The van der Waals surface area contributed by atoms with Gasteiger partial charge in [0, 0.05) is 22.3 Å². The number of carbonyl (C=O) groups is 2. The molecule has 1 aromatic heterocycles. The van der Waals surface area contributed by atoms with Gasteiger partial charge in [0.05, 0.1) is 17.1 Å². The summed E-state index contributed by atoms with van der Waals surface area (Å²) in [6.07, 6.45) is 3.75. The Kier molecular flexibility index (Phi) is 6.60. The summed E-state index contributed by atoms with van der Waals surface area (Å²) >= 11 is 12.3. The summed E-state index contributed by atoms with van der Waals surface area (Å²) in [5.74, 6) is 0.168. The van der Waals surface area contributed by atoms with Crippen molar-refractivity contribution in [3.8, 4) is 11.4 Å². The van der Waals surface area contributed by atoms with E-state index in [9.17, 15) is 9.59 Å². The second-order valence-corrected chi connectivity index (χ2v) is 10.4. The normalized spacial score (nSPS) is 15.9. The molecule has 1 atom stereocenters. The lowest BCUT2D eigenvalue weighted by molar-refractivity contribution is -0.137. The molecule has 3 aromatic carbocycles. The molecule has 0 radical (unpaired) electrons. The predicted octanol–water partition coefficient (Wildman–Crippen LogP) is 6.29. The molecule has 8 heteroatoms. The van der Waals surface area contributed by atoms with Crippen molar-refractivity contribution >= 4 is 40.7 Å². The summed E-state index contributed by atoms with van der Waals surface area (Å²) < 4.78 is 7.82. The first-order valence-electron chi connectivity index (χ1n) is 12.5. The van der Waals surface area contributed by atoms with Crippen molar-refractivity contribution in [2.45, 2.75) is 24.9 Å². The predicted molar refractivity (Wildman–Crippen MR) is 148 cm³/mol. The summed E-state index contributed by atoms with van der Waals surface area (Å²) in [6.45, 7) is -0.192. The van der Waals surface area contributed by atoms with Crippen LogP contribution in [0, 0.1) is 0 Å². The van der Waals surface area contributed by atoms with Crippen molar-refractivity contribution in [1.29, 1.82) is 0 Å². The van der Waals surface area contributed by atoms with E-state index < -0.39 is 6.04 Å². The maximum absolute atomic E-state index is 14.2. The number of hydrogen-bond acceptors (Lipinski definition) is 3. The highest BCUT2D eigenvalue weighted by Gasteiger charge is 2.40. The van der Waals surface area contributed by atoms with Crippen molar-refractivity contribution in [3.05, 3.63) is 112 Å². The van der Waals surface area contributed by atoms with E-state index in [4.69, 9.17) is 27.9 Å². The number of benzene rings is 3. The van der Waals surface area contributed by atoms with Crippen LogP contribution in [0.1, 0.15) is 30.1 Å². The zero-order valence-electron chi connectivity index (χ0n) is 20.5. The van der Waals surface area contributed by atoms with Gasteiger partial charge in [-0.15, -0.1) is 0 Å². The molecule has 6 nitrogen and oxygen atoms in total. The Hall–Kier alpha value is -3.74. The average Bonchev–Trinajstić information content (AvgIpc) is 3.65. The van der Waals surface area contributed by atoms with Crippen molar-refractivity contribution in [3.63, 3.8) is 0 Å². The Morgan fingerprint density at radius 2 is 1.63 bits per heavy atom. The molecule has 1 saturated carbocycles. The molecule has 2 heterocycles. The van der Waals surface area contributed by atoms with Gasteiger partial charge in [-0.05, 0) is 79.1 Å². The SMILES string of the molecule is O=C(COc1ccc(Cl)cc1)N(CC(=O)N1c2ccccc2-n2cccc2C1c1cccc(Cl)c1)C1CC1. The highest BCUT2D eigenvalue weighted by molar-refractivity contribution is 6.30. The minimum atomic E-state index is -0.396. The fourth-order valence-corrected chi connectivity index (χ4v) is 5.37. The molecular formula is C30H25Cl2N3O3. The van der Waals surface area contributed by atoms with Gasteiger partial charge in [0.25, 0.3) is 5.91 Å². The topological polar surface area (TPSA) is 54.8 Å². The van der Waals surface area contributed by atoms with Crippen LogP contribution in [-0.4, -0.2) is 40.5 Å². The van der Waals surface area contributed by atoms with E-state index in [1.165, 1.54) is 0 Å². The molecule has 1 aliphatic carbocycles. The number of fused-ring (bicyclic) bond motifs is 3. The van der Waals surface area contributed by atoms with Crippen molar-refractivity contribution in [2.75, 3.05) is 18.1 Å². The molecule has 1 fully saturated rings. The number of anilines is 1. The monoisotopic (exact) mass is 545 g/mol. The molecule has 0 saturated heterocycles. The van der Waals surface area contributed by atoms with E-state index >= 15 is 0 Å². The summed E-state index contributed by atoms with van der Waals surface area (Å²) in [5, 5.41) is 1.19. The number of rotatable bonds is 7. The summed E-state index contributed by atoms with van der Waals surface area (Å²) in [5.41, 5.74) is 3.55. The number of hydrogen-bond donors (Lipinski definition) is 0. The highest BCUT2D eigenvalue weighted by Crippen LogP contribution is 2.43. The van der Waals surface area contributed by atoms with Crippen LogP contribution in [0.2, 0.25) is 10.0 Å². The third-order valence-corrected chi connectivity index (χ3v) is 7.43. The quantitative estimate of drug-likeness (QED) is 0.274. The van der Waals surface area contributed by atoms with Crippen LogP contribution >= 0.6 is 23.2 Å². The zero-order valence-corrected chi connectivity index (χ0v) is 22.0. The van der Waals surface area contributed by atoms with E-state index in [1.807, 2.05) is 66.9 Å². The molecular weight excluding hydrogens is 521 g/mol. The molecule has 192 valence electrons.